The molecule has 1 aromatic rings. The molecule has 4 aliphatic rings. The highest BCUT2D eigenvalue weighted by atomic mass is 16.5. The largest absolute Gasteiger partial charge is 0.497 e. The van der Waals surface area contributed by atoms with Crippen LogP contribution in [0.15, 0.2) is 29.8 Å². The lowest BCUT2D eigenvalue weighted by atomic mass is 9.50. The summed E-state index contributed by atoms with van der Waals surface area (Å²) in [6.07, 6.45) is 4.27. The third-order valence-corrected chi connectivity index (χ3v) is 7.82. The number of allylic oxidation sites excluding steroid dienone is 1. The normalized spacial score (nSPS) is 37.9. The van der Waals surface area contributed by atoms with Gasteiger partial charge in [-0.05, 0) is 56.0 Å². The molecule has 5 nitrogen and oxygen atoms in total. The highest BCUT2D eigenvalue weighted by Crippen LogP contribution is 2.63. The van der Waals surface area contributed by atoms with Crippen molar-refractivity contribution >= 4 is 11.7 Å². The lowest BCUT2D eigenvalue weighted by Crippen LogP contribution is -2.72. The van der Waals surface area contributed by atoms with Gasteiger partial charge < -0.3 is 14.4 Å². The minimum atomic E-state index is -0.204. The molecule has 5 atom stereocenters. The molecule has 1 aromatic carbocycles. The van der Waals surface area contributed by atoms with Gasteiger partial charge in [0, 0.05) is 30.7 Å². The van der Waals surface area contributed by atoms with Crippen molar-refractivity contribution in [3.05, 3.63) is 35.4 Å². The predicted molar refractivity (Wildman–Crippen MR) is 104 cm³/mol. The van der Waals surface area contributed by atoms with Gasteiger partial charge in [-0.1, -0.05) is 11.6 Å². The van der Waals surface area contributed by atoms with Crippen molar-refractivity contribution in [2.45, 2.75) is 37.3 Å². The number of piperidine rings is 2. The molecular formula is C22H28N2O3. The molecule has 0 unspecified atom stereocenters. The molecular weight excluding hydrogens is 340 g/mol. The van der Waals surface area contributed by atoms with E-state index in [1.807, 2.05) is 6.07 Å². The fourth-order valence-corrected chi connectivity index (χ4v) is 6.82. The Balaban J connectivity index is 1.78. The van der Waals surface area contributed by atoms with Crippen LogP contribution in [-0.2, 0) is 14.9 Å². The fourth-order valence-electron chi connectivity index (χ4n) is 6.82. The first-order valence-electron chi connectivity index (χ1n) is 9.95. The third kappa shape index (κ3) is 1.96. The Morgan fingerprint density at radius 2 is 2.15 bits per heavy atom. The Morgan fingerprint density at radius 3 is 2.85 bits per heavy atom. The van der Waals surface area contributed by atoms with Gasteiger partial charge in [0.05, 0.1) is 26.2 Å². The van der Waals surface area contributed by atoms with Crippen LogP contribution in [0.1, 0.15) is 25.3 Å². The van der Waals surface area contributed by atoms with Gasteiger partial charge in [-0.2, -0.15) is 0 Å². The van der Waals surface area contributed by atoms with Gasteiger partial charge in [-0.25, -0.2) is 0 Å². The van der Waals surface area contributed by atoms with Crippen LogP contribution in [0.3, 0.4) is 0 Å². The van der Waals surface area contributed by atoms with Crippen LogP contribution in [-0.4, -0.2) is 57.3 Å². The second-order valence-corrected chi connectivity index (χ2v) is 8.47. The maximum Gasteiger partial charge on any atom is 0.310 e. The summed E-state index contributed by atoms with van der Waals surface area (Å²) in [6, 6.07) is 7.17. The molecule has 1 saturated carbocycles. The summed E-state index contributed by atoms with van der Waals surface area (Å²) < 4.78 is 11.0. The molecule has 3 fully saturated rings. The number of methoxy groups -OCH3 is 2. The molecule has 3 bridgehead atoms. The van der Waals surface area contributed by atoms with E-state index in [2.05, 4.69) is 42.0 Å². The second kappa shape index (κ2) is 5.74. The third-order valence-electron chi connectivity index (χ3n) is 7.82. The molecule has 0 radical (unpaired) electrons. The van der Waals surface area contributed by atoms with Crippen LogP contribution in [0, 0.1) is 11.8 Å². The first kappa shape index (κ1) is 17.1. The van der Waals surface area contributed by atoms with E-state index in [9.17, 15) is 4.79 Å². The molecule has 1 aliphatic carbocycles. The molecule has 144 valence electrons. The number of hydrogen-bond acceptors (Lipinski definition) is 5. The summed E-state index contributed by atoms with van der Waals surface area (Å²) in [5.41, 5.74) is 3.71. The Morgan fingerprint density at radius 1 is 1.33 bits per heavy atom. The zero-order chi connectivity index (χ0) is 18.9. The lowest BCUT2D eigenvalue weighted by Gasteiger charge is -2.63. The number of carbonyl (C=O) groups is 1. The van der Waals surface area contributed by atoms with Crippen molar-refractivity contribution in [3.63, 3.8) is 0 Å². The van der Waals surface area contributed by atoms with Gasteiger partial charge >= 0.3 is 5.97 Å². The lowest BCUT2D eigenvalue weighted by molar-refractivity contribution is -0.158. The maximum absolute atomic E-state index is 13.2. The smallest absolute Gasteiger partial charge is 0.310 e. The molecule has 5 heteroatoms. The standard InChI is InChI=1S/C22H28N2O3/c1-5-13-12-24-9-8-22-16-10-14(26-3)6-7-17(16)23(2)20(22)18(24)11-15(13)19(22)21(25)27-4/h5-7,10,15,18-20H,8-9,11-12H2,1-4H3/b13-5+/t15-,18+,19-,20+,22+/m1/s1. The molecule has 0 spiro atoms. The van der Waals surface area contributed by atoms with Crippen molar-refractivity contribution in [2.24, 2.45) is 11.8 Å². The van der Waals surface area contributed by atoms with E-state index in [1.165, 1.54) is 16.8 Å². The van der Waals surface area contributed by atoms with Crippen LogP contribution in [0.4, 0.5) is 5.69 Å². The van der Waals surface area contributed by atoms with Gasteiger partial charge in [0.1, 0.15) is 5.75 Å². The van der Waals surface area contributed by atoms with E-state index in [1.54, 1.807) is 14.2 Å². The minimum absolute atomic E-state index is 0.0535. The number of likely N-dealkylation sites (N-methyl/N-ethyl adjacent to an activating group) is 1. The number of esters is 1. The molecule has 0 aromatic heterocycles. The molecule has 3 aliphatic heterocycles. The van der Waals surface area contributed by atoms with Crippen LogP contribution in [0.2, 0.25) is 0 Å². The van der Waals surface area contributed by atoms with Crippen molar-refractivity contribution in [1.29, 1.82) is 0 Å². The highest BCUT2D eigenvalue weighted by molar-refractivity contribution is 5.80. The SMILES string of the molecule is C/C=C1\CN2CC[C@@]34c5cc(OC)ccc5N(C)[C@H]3[C@@H]2C[C@H]1[C@@H]4C(=O)OC. The van der Waals surface area contributed by atoms with E-state index in [-0.39, 0.29) is 23.2 Å². The second-order valence-electron chi connectivity index (χ2n) is 8.47. The summed E-state index contributed by atoms with van der Waals surface area (Å²) in [4.78, 5) is 18.3. The summed E-state index contributed by atoms with van der Waals surface area (Å²) in [5, 5.41) is 0. The summed E-state index contributed by atoms with van der Waals surface area (Å²) in [7, 11) is 5.45. The topological polar surface area (TPSA) is 42.0 Å². The van der Waals surface area contributed by atoms with E-state index in [0.29, 0.717) is 12.1 Å². The Kier molecular flexibility index (Phi) is 3.64. The van der Waals surface area contributed by atoms with Crippen molar-refractivity contribution in [2.75, 3.05) is 39.3 Å². The summed E-state index contributed by atoms with van der Waals surface area (Å²) in [6.45, 7) is 4.13. The van der Waals surface area contributed by atoms with Crippen molar-refractivity contribution < 1.29 is 14.3 Å². The number of fused-ring (bicyclic) bond motifs is 2. The van der Waals surface area contributed by atoms with Crippen molar-refractivity contribution in [1.82, 2.24) is 4.90 Å². The van der Waals surface area contributed by atoms with E-state index in [4.69, 9.17) is 9.47 Å². The molecule has 0 N–H and O–H groups in total. The Hall–Kier alpha value is -2.01. The Labute approximate surface area is 160 Å². The van der Waals surface area contributed by atoms with Crippen LogP contribution in [0.25, 0.3) is 0 Å². The highest BCUT2D eigenvalue weighted by Gasteiger charge is 2.68. The average molecular weight is 368 g/mol. The van der Waals surface area contributed by atoms with Crippen LogP contribution < -0.4 is 9.64 Å². The van der Waals surface area contributed by atoms with Crippen LogP contribution >= 0.6 is 0 Å². The summed E-state index contributed by atoms with van der Waals surface area (Å²) >= 11 is 0. The van der Waals surface area contributed by atoms with Gasteiger partial charge in [-0.3, -0.25) is 9.69 Å². The molecule has 5 rings (SSSR count). The van der Waals surface area contributed by atoms with E-state index < -0.39 is 0 Å². The number of benzene rings is 1. The number of nitrogens with zero attached hydrogens (tertiary/aromatic N) is 2. The fraction of sp³-hybridized carbons (Fsp3) is 0.591. The minimum Gasteiger partial charge on any atom is -0.497 e. The van der Waals surface area contributed by atoms with E-state index >= 15 is 0 Å². The number of hydrogen-bond donors (Lipinski definition) is 0. The van der Waals surface area contributed by atoms with Gasteiger partial charge in [0.15, 0.2) is 0 Å². The van der Waals surface area contributed by atoms with E-state index in [0.717, 1.165) is 31.7 Å². The molecule has 2 saturated heterocycles. The monoisotopic (exact) mass is 368 g/mol. The molecule has 0 amide bonds. The number of anilines is 1. The number of ether oxygens (including phenoxy) is 2. The van der Waals surface area contributed by atoms with Gasteiger partial charge in [-0.15, -0.1) is 0 Å². The quantitative estimate of drug-likeness (QED) is 0.593. The maximum atomic E-state index is 13.2. The average Bonchev–Trinajstić information content (AvgIpc) is 2.96. The molecule has 3 heterocycles. The zero-order valence-corrected chi connectivity index (χ0v) is 16.6. The first-order chi connectivity index (χ1) is 13.1. The Bertz CT molecular complexity index is 835. The summed E-state index contributed by atoms with van der Waals surface area (Å²) in [5.74, 6) is 0.950. The zero-order valence-electron chi connectivity index (χ0n) is 16.6. The number of rotatable bonds is 2. The van der Waals surface area contributed by atoms with Gasteiger partial charge in [0.25, 0.3) is 0 Å². The number of carbonyl (C=O) groups excluding carboxylic acids is 1. The van der Waals surface area contributed by atoms with Gasteiger partial charge in [0.2, 0.25) is 0 Å². The van der Waals surface area contributed by atoms with Crippen LogP contribution in [0.5, 0.6) is 5.75 Å². The molecule has 27 heavy (non-hydrogen) atoms. The first-order valence-corrected chi connectivity index (χ1v) is 9.95. The predicted octanol–water partition coefficient (Wildman–Crippen LogP) is 2.59. The van der Waals surface area contributed by atoms with Crippen molar-refractivity contribution in [3.8, 4) is 5.75 Å².